The molecule has 1 aromatic heterocycles. The number of nitrogens with one attached hydrogen (secondary N) is 1. The van der Waals surface area contributed by atoms with Gasteiger partial charge in [0.2, 0.25) is 0 Å². The molecule has 0 amide bonds. The molecule has 0 spiro atoms. The van der Waals surface area contributed by atoms with Crippen LogP contribution in [0.15, 0.2) is 54.7 Å². The first-order valence-corrected chi connectivity index (χ1v) is 9.27. The standard InChI is InChI=1S/C21H23ClN2O/c22-18-9-3-1-7-15(18)14-25-20-11-5-6-12-21(20,23)17-13-24-19-10-4-2-8-16(17)19/h1-4,7-10,13,20,24H,5-6,11-12,14,23H2. The molecular formula is C21H23ClN2O. The van der Waals surface area contributed by atoms with Crippen molar-refractivity contribution in [3.8, 4) is 0 Å². The maximum absolute atomic E-state index is 6.96. The molecule has 0 radical (unpaired) electrons. The van der Waals surface area contributed by atoms with Crippen molar-refractivity contribution in [2.75, 3.05) is 0 Å². The van der Waals surface area contributed by atoms with Gasteiger partial charge >= 0.3 is 0 Å². The van der Waals surface area contributed by atoms with Gasteiger partial charge in [0.15, 0.2) is 0 Å². The van der Waals surface area contributed by atoms with Crippen molar-refractivity contribution in [1.82, 2.24) is 4.98 Å². The minimum absolute atomic E-state index is 0.0169. The third-order valence-corrected chi connectivity index (χ3v) is 5.74. The van der Waals surface area contributed by atoms with Gasteiger partial charge in [-0.05, 0) is 36.1 Å². The summed E-state index contributed by atoms with van der Waals surface area (Å²) in [4.78, 5) is 3.36. The first-order valence-electron chi connectivity index (χ1n) is 8.89. The van der Waals surface area contributed by atoms with E-state index in [9.17, 15) is 0 Å². The maximum atomic E-state index is 6.96. The van der Waals surface area contributed by atoms with Gasteiger partial charge in [-0.2, -0.15) is 0 Å². The fraction of sp³-hybridized carbons (Fsp3) is 0.333. The Morgan fingerprint density at radius 3 is 2.80 bits per heavy atom. The van der Waals surface area contributed by atoms with Gasteiger partial charge < -0.3 is 15.5 Å². The fourth-order valence-electron chi connectivity index (χ4n) is 3.97. The number of rotatable bonds is 4. The van der Waals surface area contributed by atoms with Crippen LogP contribution in [0.3, 0.4) is 0 Å². The highest BCUT2D eigenvalue weighted by Crippen LogP contribution is 2.40. The monoisotopic (exact) mass is 354 g/mol. The number of hydrogen-bond acceptors (Lipinski definition) is 2. The number of para-hydroxylation sites is 1. The molecule has 4 rings (SSSR count). The number of benzene rings is 2. The van der Waals surface area contributed by atoms with Crippen LogP contribution in [0.1, 0.15) is 36.8 Å². The summed E-state index contributed by atoms with van der Waals surface area (Å²) in [5, 5.41) is 1.94. The second-order valence-electron chi connectivity index (χ2n) is 6.93. The van der Waals surface area contributed by atoms with E-state index in [1.54, 1.807) is 0 Å². The van der Waals surface area contributed by atoms with Gasteiger partial charge in [-0.25, -0.2) is 0 Å². The van der Waals surface area contributed by atoms with Crippen molar-refractivity contribution >= 4 is 22.5 Å². The zero-order valence-electron chi connectivity index (χ0n) is 14.2. The van der Waals surface area contributed by atoms with Gasteiger partial charge in [0, 0.05) is 22.1 Å². The summed E-state index contributed by atoms with van der Waals surface area (Å²) in [7, 11) is 0. The van der Waals surface area contributed by atoms with E-state index in [4.69, 9.17) is 22.1 Å². The van der Waals surface area contributed by atoms with E-state index in [0.717, 1.165) is 47.3 Å². The third kappa shape index (κ3) is 3.08. The number of aromatic amines is 1. The predicted molar refractivity (Wildman–Crippen MR) is 103 cm³/mol. The molecule has 3 nitrogen and oxygen atoms in total. The lowest BCUT2D eigenvalue weighted by atomic mass is 9.75. The zero-order chi connectivity index (χ0) is 17.3. The summed E-state index contributed by atoms with van der Waals surface area (Å²) in [5.74, 6) is 0. The van der Waals surface area contributed by atoms with Crippen molar-refractivity contribution in [2.45, 2.75) is 43.9 Å². The Morgan fingerprint density at radius 1 is 1.12 bits per heavy atom. The van der Waals surface area contributed by atoms with Crippen LogP contribution in [0.4, 0.5) is 0 Å². The Labute approximate surface area is 153 Å². The van der Waals surface area contributed by atoms with Crippen molar-refractivity contribution < 1.29 is 4.74 Å². The van der Waals surface area contributed by atoms with E-state index >= 15 is 0 Å². The van der Waals surface area contributed by atoms with Crippen LogP contribution in [-0.2, 0) is 16.9 Å². The number of nitrogens with two attached hydrogens (primary N) is 1. The Hall–Kier alpha value is -1.81. The normalized spacial score (nSPS) is 23.8. The molecule has 1 fully saturated rings. The molecule has 1 saturated carbocycles. The van der Waals surface area contributed by atoms with Crippen LogP contribution in [0.2, 0.25) is 5.02 Å². The number of fused-ring (bicyclic) bond motifs is 1. The molecule has 130 valence electrons. The second kappa shape index (κ2) is 6.83. The van der Waals surface area contributed by atoms with Crippen molar-refractivity contribution in [3.05, 3.63) is 70.9 Å². The molecule has 1 heterocycles. The Kier molecular flexibility index (Phi) is 4.55. The van der Waals surface area contributed by atoms with Crippen LogP contribution in [-0.4, -0.2) is 11.1 Å². The average Bonchev–Trinajstić information content (AvgIpc) is 3.07. The molecule has 3 N–H and O–H groups in total. The van der Waals surface area contributed by atoms with Gasteiger partial charge in [0.05, 0.1) is 18.2 Å². The molecule has 2 aromatic carbocycles. The average molecular weight is 355 g/mol. The lowest BCUT2D eigenvalue weighted by Crippen LogP contribution is -2.51. The van der Waals surface area contributed by atoms with Crippen LogP contribution >= 0.6 is 11.6 Å². The second-order valence-corrected chi connectivity index (χ2v) is 7.33. The molecule has 0 saturated heterocycles. The van der Waals surface area contributed by atoms with E-state index in [1.807, 2.05) is 30.3 Å². The zero-order valence-corrected chi connectivity index (χ0v) is 14.9. The smallest absolute Gasteiger partial charge is 0.0801 e. The van der Waals surface area contributed by atoms with Gasteiger partial charge in [-0.3, -0.25) is 0 Å². The van der Waals surface area contributed by atoms with Gasteiger partial charge in [-0.15, -0.1) is 0 Å². The van der Waals surface area contributed by atoms with Crippen LogP contribution in [0.25, 0.3) is 10.9 Å². The Bertz CT molecular complexity index is 875. The maximum Gasteiger partial charge on any atom is 0.0801 e. The molecule has 0 aliphatic heterocycles. The summed E-state index contributed by atoms with van der Waals surface area (Å²) in [6.45, 7) is 0.492. The Balaban J connectivity index is 1.63. The number of H-pyrrole nitrogens is 1. The number of ether oxygens (including phenoxy) is 1. The summed E-state index contributed by atoms with van der Waals surface area (Å²) in [5.41, 5.74) is 9.78. The van der Waals surface area contributed by atoms with Gasteiger partial charge in [0.1, 0.15) is 0 Å². The Morgan fingerprint density at radius 2 is 1.92 bits per heavy atom. The summed E-state index contributed by atoms with van der Waals surface area (Å²) >= 11 is 6.27. The summed E-state index contributed by atoms with van der Waals surface area (Å²) in [6, 6.07) is 16.2. The van der Waals surface area contributed by atoms with E-state index in [-0.39, 0.29) is 6.10 Å². The van der Waals surface area contributed by atoms with Crippen LogP contribution in [0.5, 0.6) is 0 Å². The van der Waals surface area contributed by atoms with E-state index < -0.39 is 5.54 Å². The SMILES string of the molecule is NC1(c2c[nH]c3ccccc23)CCCCC1OCc1ccccc1Cl. The number of hydrogen-bond donors (Lipinski definition) is 2. The van der Waals surface area contributed by atoms with Crippen LogP contribution in [0, 0.1) is 0 Å². The number of aromatic nitrogens is 1. The first kappa shape index (κ1) is 16.6. The first-order chi connectivity index (χ1) is 12.2. The fourth-order valence-corrected chi connectivity index (χ4v) is 4.16. The largest absolute Gasteiger partial charge is 0.371 e. The minimum Gasteiger partial charge on any atom is -0.371 e. The van der Waals surface area contributed by atoms with E-state index in [0.29, 0.717) is 6.61 Å². The number of halogens is 1. The molecule has 25 heavy (non-hydrogen) atoms. The predicted octanol–water partition coefficient (Wildman–Crippen LogP) is 5.13. The molecule has 4 heteroatoms. The van der Waals surface area contributed by atoms with E-state index in [1.165, 1.54) is 5.39 Å². The molecule has 2 unspecified atom stereocenters. The van der Waals surface area contributed by atoms with E-state index in [2.05, 4.69) is 29.4 Å². The molecule has 1 aliphatic rings. The third-order valence-electron chi connectivity index (χ3n) is 5.37. The minimum atomic E-state index is -0.473. The lowest BCUT2D eigenvalue weighted by Gasteiger charge is -2.41. The van der Waals surface area contributed by atoms with Crippen LogP contribution < -0.4 is 5.73 Å². The van der Waals surface area contributed by atoms with Crippen molar-refractivity contribution in [3.63, 3.8) is 0 Å². The topological polar surface area (TPSA) is 51.0 Å². The highest BCUT2D eigenvalue weighted by molar-refractivity contribution is 6.31. The lowest BCUT2D eigenvalue weighted by molar-refractivity contribution is -0.0368. The van der Waals surface area contributed by atoms with Crippen molar-refractivity contribution in [1.29, 1.82) is 0 Å². The molecular weight excluding hydrogens is 332 g/mol. The highest BCUT2D eigenvalue weighted by atomic mass is 35.5. The van der Waals surface area contributed by atoms with Gasteiger partial charge in [-0.1, -0.05) is 60.8 Å². The van der Waals surface area contributed by atoms with Crippen molar-refractivity contribution in [2.24, 2.45) is 5.73 Å². The molecule has 2 atom stereocenters. The van der Waals surface area contributed by atoms with Gasteiger partial charge in [0.25, 0.3) is 0 Å². The molecule has 1 aliphatic carbocycles. The quantitative estimate of drug-likeness (QED) is 0.682. The highest BCUT2D eigenvalue weighted by Gasteiger charge is 2.41. The molecule has 3 aromatic rings. The summed E-state index contributed by atoms with van der Waals surface area (Å²) < 4.78 is 6.31. The summed E-state index contributed by atoms with van der Waals surface area (Å²) in [6.07, 6.45) is 6.22. The molecule has 0 bridgehead atoms.